The highest BCUT2D eigenvalue weighted by Crippen LogP contribution is 2.29. The van der Waals surface area contributed by atoms with E-state index in [1.165, 1.54) is 25.7 Å². The summed E-state index contributed by atoms with van der Waals surface area (Å²) in [6, 6.07) is 0. The molecule has 0 aromatic carbocycles. The summed E-state index contributed by atoms with van der Waals surface area (Å²) in [5.41, 5.74) is 0.494. The molecule has 0 radical (unpaired) electrons. The van der Waals surface area contributed by atoms with E-state index in [4.69, 9.17) is 4.74 Å². The van der Waals surface area contributed by atoms with E-state index in [1.807, 2.05) is 0 Å². The highest BCUT2D eigenvalue weighted by molar-refractivity contribution is 5.86. The van der Waals surface area contributed by atoms with Crippen LogP contribution in [-0.2, 0) is 9.53 Å². The minimum Gasteiger partial charge on any atom is -0.462 e. The number of ether oxygens (including phenoxy) is 1. The van der Waals surface area contributed by atoms with Crippen LogP contribution in [0.2, 0.25) is 0 Å². The first-order valence-corrected chi connectivity index (χ1v) is 5.44. The number of carbonyl (C=O) groups is 1. The molecule has 1 aliphatic carbocycles. The van der Waals surface area contributed by atoms with Crippen molar-refractivity contribution in [2.24, 2.45) is 11.8 Å². The average molecular weight is 196 g/mol. The molecule has 0 aromatic heterocycles. The minimum absolute atomic E-state index is 0.247. The van der Waals surface area contributed by atoms with Gasteiger partial charge in [0.05, 0.1) is 6.61 Å². The molecular formula is C12H20O2. The maximum absolute atomic E-state index is 11.2. The molecule has 1 aliphatic rings. The third-order valence-corrected chi connectivity index (χ3v) is 3.07. The third-order valence-electron chi connectivity index (χ3n) is 3.07. The van der Waals surface area contributed by atoms with Crippen LogP contribution in [0.5, 0.6) is 0 Å². The number of carbonyl (C=O) groups excluding carboxylic acids is 1. The first-order valence-electron chi connectivity index (χ1n) is 5.44. The molecule has 2 unspecified atom stereocenters. The molecule has 1 rings (SSSR count). The average Bonchev–Trinajstić information content (AvgIpc) is 2.16. The Kier molecular flexibility index (Phi) is 4.18. The highest BCUT2D eigenvalue weighted by atomic mass is 16.5. The molecule has 0 N–H and O–H groups in total. The third kappa shape index (κ3) is 3.17. The summed E-state index contributed by atoms with van der Waals surface area (Å²) < 4.78 is 5.17. The van der Waals surface area contributed by atoms with Gasteiger partial charge >= 0.3 is 5.97 Å². The van der Waals surface area contributed by atoms with Crippen LogP contribution in [0.1, 0.15) is 39.5 Å². The standard InChI is InChI=1S/C12H20O2/c1-9(2)12(13)14-8-11-7-5-4-6-10(11)3/h10-11H,1,4-8H2,2-3H3. The summed E-state index contributed by atoms with van der Waals surface area (Å²) >= 11 is 0. The van der Waals surface area contributed by atoms with Gasteiger partial charge in [-0.3, -0.25) is 0 Å². The fraction of sp³-hybridized carbons (Fsp3) is 0.750. The molecule has 1 fully saturated rings. The van der Waals surface area contributed by atoms with E-state index in [1.54, 1.807) is 6.92 Å². The smallest absolute Gasteiger partial charge is 0.333 e. The second kappa shape index (κ2) is 5.18. The molecule has 0 bridgehead atoms. The molecule has 0 spiro atoms. The molecule has 0 heterocycles. The zero-order valence-corrected chi connectivity index (χ0v) is 9.21. The van der Waals surface area contributed by atoms with Gasteiger partial charge in [0.1, 0.15) is 0 Å². The molecule has 2 nitrogen and oxygen atoms in total. The second-order valence-electron chi connectivity index (χ2n) is 4.40. The Balaban J connectivity index is 2.29. The molecule has 0 aliphatic heterocycles. The number of hydrogen-bond donors (Lipinski definition) is 0. The van der Waals surface area contributed by atoms with Gasteiger partial charge in [0.15, 0.2) is 0 Å². The molecule has 0 amide bonds. The van der Waals surface area contributed by atoms with Crippen molar-refractivity contribution >= 4 is 5.97 Å². The van der Waals surface area contributed by atoms with Gasteiger partial charge in [-0.25, -0.2) is 4.79 Å². The molecule has 14 heavy (non-hydrogen) atoms. The molecule has 1 saturated carbocycles. The Morgan fingerprint density at radius 3 is 2.64 bits per heavy atom. The summed E-state index contributed by atoms with van der Waals surface area (Å²) in [7, 11) is 0. The van der Waals surface area contributed by atoms with Crippen molar-refractivity contribution in [1.29, 1.82) is 0 Å². The lowest BCUT2D eigenvalue weighted by Crippen LogP contribution is -2.23. The normalized spacial score (nSPS) is 27.0. The number of rotatable bonds is 3. The molecular weight excluding hydrogens is 176 g/mol. The summed E-state index contributed by atoms with van der Waals surface area (Å²) in [6.45, 7) is 8.08. The van der Waals surface area contributed by atoms with Crippen LogP contribution in [0, 0.1) is 11.8 Å². The lowest BCUT2D eigenvalue weighted by molar-refractivity contribution is -0.141. The van der Waals surface area contributed by atoms with E-state index in [0.29, 0.717) is 24.0 Å². The van der Waals surface area contributed by atoms with E-state index >= 15 is 0 Å². The summed E-state index contributed by atoms with van der Waals surface area (Å²) in [4.78, 5) is 11.2. The van der Waals surface area contributed by atoms with Gasteiger partial charge in [0.2, 0.25) is 0 Å². The quantitative estimate of drug-likeness (QED) is 0.512. The van der Waals surface area contributed by atoms with E-state index in [2.05, 4.69) is 13.5 Å². The Labute approximate surface area is 86.3 Å². The Morgan fingerprint density at radius 2 is 2.07 bits per heavy atom. The number of esters is 1. The molecule has 2 atom stereocenters. The highest BCUT2D eigenvalue weighted by Gasteiger charge is 2.22. The van der Waals surface area contributed by atoms with Crippen molar-refractivity contribution in [3.8, 4) is 0 Å². The van der Waals surface area contributed by atoms with Crippen LogP contribution in [0.4, 0.5) is 0 Å². The van der Waals surface area contributed by atoms with E-state index < -0.39 is 0 Å². The fourth-order valence-corrected chi connectivity index (χ4v) is 1.95. The maximum Gasteiger partial charge on any atom is 0.333 e. The molecule has 0 aromatic rings. The zero-order chi connectivity index (χ0) is 10.6. The topological polar surface area (TPSA) is 26.3 Å². The van der Waals surface area contributed by atoms with Gasteiger partial charge in [-0.2, -0.15) is 0 Å². The van der Waals surface area contributed by atoms with Gasteiger partial charge in [-0.05, 0) is 25.2 Å². The predicted octanol–water partition coefficient (Wildman–Crippen LogP) is 2.93. The lowest BCUT2D eigenvalue weighted by Gasteiger charge is -2.28. The van der Waals surface area contributed by atoms with Gasteiger partial charge in [-0.1, -0.05) is 32.8 Å². The van der Waals surface area contributed by atoms with Crippen molar-refractivity contribution in [2.45, 2.75) is 39.5 Å². The predicted molar refractivity (Wildman–Crippen MR) is 56.9 cm³/mol. The van der Waals surface area contributed by atoms with Crippen molar-refractivity contribution in [2.75, 3.05) is 6.61 Å². The van der Waals surface area contributed by atoms with E-state index in [-0.39, 0.29) is 5.97 Å². The minimum atomic E-state index is -0.247. The van der Waals surface area contributed by atoms with Crippen molar-refractivity contribution in [3.63, 3.8) is 0 Å². The lowest BCUT2D eigenvalue weighted by atomic mass is 9.81. The molecule has 0 saturated heterocycles. The number of hydrogen-bond acceptors (Lipinski definition) is 2. The maximum atomic E-state index is 11.2. The molecule has 2 heteroatoms. The van der Waals surface area contributed by atoms with Crippen LogP contribution >= 0.6 is 0 Å². The van der Waals surface area contributed by atoms with Gasteiger partial charge in [0, 0.05) is 5.57 Å². The van der Waals surface area contributed by atoms with Gasteiger partial charge in [-0.15, -0.1) is 0 Å². The van der Waals surface area contributed by atoms with Crippen molar-refractivity contribution in [1.82, 2.24) is 0 Å². The Morgan fingerprint density at radius 1 is 1.43 bits per heavy atom. The van der Waals surface area contributed by atoms with Crippen LogP contribution in [0.3, 0.4) is 0 Å². The fourth-order valence-electron chi connectivity index (χ4n) is 1.95. The van der Waals surface area contributed by atoms with E-state index in [0.717, 1.165) is 0 Å². The van der Waals surface area contributed by atoms with Crippen LogP contribution < -0.4 is 0 Å². The van der Waals surface area contributed by atoms with Crippen LogP contribution in [-0.4, -0.2) is 12.6 Å². The zero-order valence-electron chi connectivity index (χ0n) is 9.21. The van der Waals surface area contributed by atoms with Crippen LogP contribution in [0.15, 0.2) is 12.2 Å². The Hall–Kier alpha value is -0.790. The van der Waals surface area contributed by atoms with Crippen LogP contribution in [0.25, 0.3) is 0 Å². The SMILES string of the molecule is C=C(C)C(=O)OCC1CCCCC1C. The van der Waals surface area contributed by atoms with Crippen molar-refractivity contribution < 1.29 is 9.53 Å². The van der Waals surface area contributed by atoms with E-state index in [9.17, 15) is 4.79 Å². The summed E-state index contributed by atoms with van der Waals surface area (Å²) in [6.07, 6.45) is 5.08. The molecule has 80 valence electrons. The first-order chi connectivity index (χ1) is 6.61. The van der Waals surface area contributed by atoms with Gasteiger partial charge in [0.25, 0.3) is 0 Å². The monoisotopic (exact) mass is 196 g/mol. The Bertz CT molecular complexity index is 220. The van der Waals surface area contributed by atoms with Gasteiger partial charge < -0.3 is 4.74 Å². The summed E-state index contributed by atoms with van der Waals surface area (Å²) in [5, 5.41) is 0. The summed E-state index contributed by atoms with van der Waals surface area (Å²) in [5.74, 6) is 1.01. The first kappa shape index (κ1) is 11.3. The van der Waals surface area contributed by atoms with Crippen molar-refractivity contribution in [3.05, 3.63) is 12.2 Å². The largest absolute Gasteiger partial charge is 0.462 e. The second-order valence-corrected chi connectivity index (χ2v) is 4.40.